The van der Waals surface area contributed by atoms with Crippen molar-refractivity contribution in [3.05, 3.63) is 149 Å². The zero-order chi connectivity index (χ0) is 43.4. The van der Waals surface area contributed by atoms with E-state index in [4.69, 9.17) is 0 Å². The van der Waals surface area contributed by atoms with E-state index in [-0.39, 0.29) is 37.3 Å². The molecular formula is C41H47N3O10S5. The third-order valence-electron chi connectivity index (χ3n) is 9.50. The lowest BCUT2D eigenvalue weighted by atomic mass is 10.2. The molecule has 5 rings (SSSR count). The second-order valence-electron chi connectivity index (χ2n) is 14.2. The smallest absolute Gasteiger partial charge is 0.207 e. The van der Waals surface area contributed by atoms with E-state index >= 15 is 0 Å². The number of aryl methyl sites for hydroxylation is 5. The van der Waals surface area contributed by atoms with Gasteiger partial charge in [0.25, 0.3) is 40.1 Å². The van der Waals surface area contributed by atoms with Crippen LogP contribution in [0.1, 0.15) is 40.7 Å². The zero-order valence-corrected chi connectivity index (χ0v) is 37.3. The second kappa shape index (κ2) is 18.1. The lowest BCUT2D eigenvalue weighted by molar-refractivity contribution is 0.378. The maximum Gasteiger partial charge on any atom is 0.256 e. The maximum atomic E-state index is 14.2. The molecule has 0 saturated heterocycles. The molecule has 0 radical (unpaired) electrons. The van der Waals surface area contributed by atoms with Gasteiger partial charge in [-0.1, -0.05) is 95.9 Å². The fourth-order valence-electron chi connectivity index (χ4n) is 6.01. The summed E-state index contributed by atoms with van der Waals surface area (Å²) < 4.78 is 143. The minimum Gasteiger partial charge on any atom is -0.207 e. The van der Waals surface area contributed by atoms with Crippen LogP contribution in [0.15, 0.2) is 146 Å². The van der Waals surface area contributed by atoms with Crippen molar-refractivity contribution in [2.24, 2.45) is 0 Å². The third kappa shape index (κ3) is 10.4. The van der Waals surface area contributed by atoms with Crippen LogP contribution in [0.25, 0.3) is 0 Å². The van der Waals surface area contributed by atoms with Gasteiger partial charge in [0.2, 0.25) is 10.0 Å². The molecule has 0 spiro atoms. The molecule has 316 valence electrons. The van der Waals surface area contributed by atoms with Gasteiger partial charge in [-0.05, 0) is 108 Å². The summed E-state index contributed by atoms with van der Waals surface area (Å²) in [4.78, 5) is -1.27. The Morgan fingerprint density at radius 3 is 0.678 bits per heavy atom. The summed E-state index contributed by atoms with van der Waals surface area (Å²) >= 11 is 0. The predicted molar refractivity (Wildman–Crippen MR) is 226 cm³/mol. The Bertz CT molecular complexity index is 2500. The van der Waals surface area contributed by atoms with Crippen molar-refractivity contribution >= 4 is 50.1 Å². The van der Waals surface area contributed by atoms with Gasteiger partial charge in [0.15, 0.2) is 0 Å². The third-order valence-corrected chi connectivity index (χ3v) is 20.1. The molecule has 0 aromatic heterocycles. The minimum atomic E-state index is -4.71. The Kier molecular flexibility index (Phi) is 14.1. The summed E-state index contributed by atoms with van der Waals surface area (Å²) in [5, 5.41) is 0. The van der Waals surface area contributed by atoms with E-state index in [9.17, 15) is 42.1 Å². The summed E-state index contributed by atoms with van der Waals surface area (Å²) in [6, 6.07) is 28.5. The molecule has 0 aliphatic rings. The highest BCUT2D eigenvalue weighted by Gasteiger charge is 2.39. The van der Waals surface area contributed by atoms with Crippen LogP contribution in [0.5, 0.6) is 0 Å². The summed E-state index contributed by atoms with van der Waals surface area (Å²) in [7, 11) is -23.2. The molecule has 0 bridgehead atoms. The monoisotopic (exact) mass is 901 g/mol. The molecule has 13 nitrogen and oxygen atoms in total. The first-order valence-electron chi connectivity index (χ1n) is 18.5. The molecule has 0 aliphatic carbocycles. The Hall–Kier alpha value is -4.27. The highest BCUT2D eigenvalue weighted by Crippen LogP contribution is 2.28. The quantitative estimate of drug-likeness (QED) is 0.0989. The van der Waals surface area contributed by atoms with Crippen LogP contribution in [-0.4, -0.2) is 80.0 Å². The molecule has 0 saturated carbocycles. The van der Waals surface area contributed by atoms with Crippen LogP contribution in [0.3, 0.4) is 0 Å². The van der Waals surface area contributed by atoms with Crippen LogP contribution in [-0.2, 0) is 50.1 Å². The van der Waals surface area contributed by atoms with Crippen LogP contribution in [0, 0.1) is 34.6 Å². The van der Waals surface area contributed by atoms with Gasteiger partial charge in [-0.15, -0.1) is 0 Å². The topological polar surface area (TPSA) is 180 Å². The number of rotatable bonds is 18. The van der Waals surface area contributed by atoms with Crippen LogP contribution >= 0.6 is 0 Å². The van der Waals surface area contributed by atoms with E-state index in [2.05, 4.69) is 0 Å². The second-order valence-corrected chi connectivity index (χ2v) is 24.0. The van der Waals surface area contributed by atoms with Gasteiger partial charge >= 0.3 is 0 Å². The van der Waals surface area contributed by atoms with E-state index in [0.717, 1.165) is 32.1 Å². The molecule has 5 aromatic rings. The van der Waals surface area contributed by atoms with Crippen molar-refractivity contribution in [2.75, 3.05) is 26.2 Å². The van der Waals surface area contributed by atoms with Gasteiger partial charge in [0.05, 0.1) is 24.5 Å². The summed E-state index contributed by atoms with van der Waals surface area (Å²) in [5.74, 6) is 0. The molecule has 59 heavy (non-hydrogen) atoms. The van der Waals surface area contributed by atoms with E-state index in [1.807, 2.05) is 0 Å². The number of hydrogen-bond donors (Lipinski definition) is 0. The SMILES string of the molecule is Cc1ccc(S(=O)(=O)N(CCCN(S(=O)(=O)c2ccc(C)cc2)S(=O)(=O)c2ccc(C)cc2)CCCN(S(=O)(=O)c2ccc(C)cc2)S(=O)(=O)c2ccc(C)cc2)cc1. The zero-order valence-electron chi connectivity index (χ0n) is 33.3. The predicted octanol–water partition coefficient (Wildman–Crippen LogP) is 6.16. The van der Waals surface area contributed by atoms with Crippen LogP contribution < -0.4 is 0 Å². The highest BCUT2D eigenvalue weighted by molar-refractivity contribution is 8.04. The van der Waals surface area contributed by atoms with Crippen molar-refractivity contribution in [1.29, 1.82) is 0 Å². The first-order chi connectivity index (χ1) is 27.6. The average Bonchev–Trinajstić information content (AvgIpc) is 3.17. The molecular weight excluding hydrogens is 855 g/mol. The fourth-order valence-corrected chi connectivity index (χ4v) is 15.0. The Balaban J connectivity index is 1.50. The molecule has 18 heteroatoms. The van der Waals surface area contributed by atoms with Crippen molar-refractivity contribution in [3.8, 4) is 0 Å². The highest BCUT2D eigenvalue weighted by atomic mass is 32.3. The number of hydrogen-bond acceptors (Lipinski definition) is 10. The standard InChI is InChI=1S/C41H47N3O10S5/c1-32-8-18-37(19-9-32)55(45,46)42(28-6-30-43(56(47,48)38-20-10-33(2)11-21-38)57(49,50)39-22-12-34(3)13-23-39)29-7-31-44(58(51,52)40-24-14-35(4)15-25-40)59(53,54)41-26-16-36(5)17-27-41/h8-27H,6-7,28-31H2,1-5H3. The first kappa shape index (κ1) is 45.8. The normalized spacial score (nSPS) is 13.0. The van der Waals surface area contributed by atoms with E-state index in [0.29, 0.717) is 7.42 Å². The number of benzene rings is 5. The van der Waals surface area contributed by atoms with Crippen molar-refractivity contribution in [3.63, 3.8) is 0 Å². The molecule has 5 aromatic carbocycles. The van der Waals surface area contributed by atoms with Gasteiger partial charge in [-0.2, -0.15) is 4.31 Å². The van der Waals surface area contributed by atoms with Crippen molar-refractivity contribution < 1.29 is 42.1 Å². The Labute approximate surface area is 349 Å². The maximum absolute atomic E-state index is 14.2. The van der Waals surface area contributed by atoms with Gasteiger partial charge in [-0.25, -0.2) is 42.1 Å². The van der Waals surface area contributed by atoms with E-state index in [1.54, 1.807) is 46.8 Å². The van der Waals surface area contributed by atoms with Crippen LogP contribution in [0.4, 0.5) is 0 Å². The van der Waals surface area contributed by atoms with Crippen molar-refractivity contribution in [2.45, 2.75) is 71.9 Å². The number of sulfonamides is 5. The van der Waals surface area contributed by atoms with E-state index in [1.165, 1.54) is 109 Å². The van der Waals surface area contributed by atoms with Gasteiger partial charge in [0.1, 0.15) is 0 Å². The first-order valence-corrected chi connectivity index (χ1v) is 25.7. The molecule has 0 atom stereocenters. The fraction of sp³-hybridized carbons (Fsp3) is 0.268. The Morgan fingerprint density at radius 1 is 0.288 bits per heavy atom. The lowest BCUT2D eigenvalue weighted by Crippen LogP contribution is -2.41. The average molecular weight is 902 g/mol. The molecule has 0 amide bonds. The lowest BCUT2D eigenvalue weighted by Gasteiger charge is -2.27. The molecule has 0 N–H and O–H groups in total. The van der Waals surface area contributed by atoms with Gasteiger partial charge < -0.3 is 0 Å². The Morgan fingerprint density at radius 2 is 0.475 bits per heavy atom. The van der Waals surface area contributed by atoms with Gasteiger partial charge in [-0.3, -0.25) is 0 Å². The molecule has 0 heterocycles. The molecule has 0 unspecified atom stereocenters. The van der Waals surface area contributed by atoms with E-state index < -0.39 is 76.3 Å². The largest absolute Gasteiger partial charge is 0.256 e. The summed E-state index contributed by atoms with van der Waals surface area (Å²) in [5.41, 5.74) is 3.74. The molecule has 0 aliphatic heterocycles. The summed E-state index contributed by atoms with van der Waals surface area (Å²) in [6.07, 6.45) is -0.650. The molecule has 0 fully saturated rings. The summed E-state index contributed by atoms with van der Waals surface area (Å²) in [6.45, 7) is 6.58. The van der Waals surface area contributed by atoms with Crippen molar-refractivity contribution in [1.82, 2.24) is 11.7 Å². The number of nitrogens with zero attached hydrogens (tertiary/aromatic N) is 3. The van der Waals surface area contributed by atoms with Crippen LogP contribution in [0.2, 0.25) is 0 Å². The minimum absolute atomic E-state index is 0.129. The van der Waals surface area contributed by atoms with Gasteiger partial charge in [0, 0.05) is 26.2 Å².